The van der Waals surface area contributed by atoms with Gasteiger partial charge in [0.25, 0.3) is 0 Å². The van der Waals surface area contributed by atoms with Crippen molar-refractivity contribution in [3.05, 3.63) is 28.4 Å². The van der Waals surface area contributed by atoms with Crippen LogP contribution in [0.5, 0.6) is 0 Å². The minimum atomic E-state index is -0.396. The topological polar surface area (TPSA) is 52.6 Å². The number of hydrogen-bond donors (Lipinski definition) is 0. The summed E-state index contributed by atoms with van der Waals surface area (Å²) >= 11 is 6.40. The minimum Gasteiger partial charge on any atom is -0.462 e. The highest BCUT2D eigenvalue weighted by molar-refractivity contribution is 14.1. The van der Waals surface area contributed by atoms with Gasteiger partial charge in [-0.2, -0.15) is 0 Å². The van der Waals surface area contributed by atoms with Gasteiger partial charge in [0, 0.05) is 17.6 Å². The molecule has 7 heteroatoms. The van der Waals surface area contributed by atoms with Gasteiger partial charge in [-0.15, -0.1) is 0 Å². The van der Waals surface area contributed by atoms with E-state index in [1.807, 2.05) is 12.1 Å². The summed E-state index contributed by atoms with van der Waals surface area (Å²) < 4.78 is 12.5. The summed E-state index contributed by atoms with van der Waals surface area (Å²) in [5, 5.41) is 0. The molecule has 18 heavy (non-hydrogen) atoms. The number of esters is 2. The zero-order valence-corrected chi connectivity index (χ0v) is 15.8. The molecule has 0 unspecified atom stereocenters. The van der Waals surface area contributed by atoms with Gasteiger partial charge in [0.2, 0.25) is 0 Å². The van der Waals surface area contributed by atoms with Crippen LogP contribution < -0.4 is 0 Å². The van der Waals surface area contributed by atoms with E-state index in [4.69, 9.17) is 4.74 Å². The van der Waals surface area contributed by atoms with Gasteiger partial charge in [-0.1, -0.05) is 0 Å². The van der Waals surface area contributed by atoms with Crippen LogP contribution in [-0.2, 0) is 14.3 Å². The van der Waals surface area contributed by atoms with Crippen molar-refractivity contribution in [2.45, 2.75) is 6.92 Å². The van der Waals surface area contributed by atoms with Crippen LogP contribution in [0, 0.1) is 10.7 Å². The molecule has 0 N–H and O–H groups in total. The van der Waals surface area contributed by atoms with Crippen LogP contribution in [0.1, 0.15) is 17.3 Å². The van der Waals surface area contributed by atoms with Crippen molar-refractivity contribution in [3.63, 3.8) is 0 Å². The molecular weight excluding hydrogens is 577 g/mol. The summed E-state index contributed by atoms with van der Waals surface area (Å²) in [6.45, 7) is 1.46. The lowest BCUT2D eigenvalue weighted by Crippen LogP contribution is -2.14. The summed E-state index contributed by atoms with van der Waals surface area (Å²) in [6, 6.07) is 3.82. The van der Waals surface area contributed by atoms with Crippen molar-refractivity contribution in [1.82, 2.24) is 0 Å². The van der Waals surface area contributed by atoms with E-state index in [1.165, 1.54) is 6.92 Å². The van der Waals surface area contributed by atoms with Gasteiger partial charge in [0.05, 0.1) is 5.56 Å². The Morgan fingerprint density at radius 1 is 1.06 bits per heavy atom. The maximum absolute atomic E-state index is 11.9. The minimum absolute atomic E-state index is 0.0660. The fraction of sp³-hybridized carbons (Fsp3) is 0.273. The highest BCUT2D eigenvalue weighted by atomic mass is 127. The third-order valence-electron chi connectivity index (χ3n) is 1.83. The third kappa shape index (κ3) is 5.15. The molecule has 1 aromatic rings. The van der Waals surface area contributed by atoms with E-state index in [-0.39, 0.29) is 19.2 Å². The van der Waals surface area contributed by atoms with Crippen molar-refractivity contribution in [2.75, 3.05) is 13.2 Å². The fourth-order valence-corrected chi connectivity index (χ4v) is 5.15. The highest BCUT2D eigenvalue weighted by Gasteiger charge is 2.16. The first-order valence-corrected chi connectivity index (χ1v) is 8.10. The smallest absolute Gasteiger partial charge is 0.340 e. The number of ether oxygens (including phenoxy) is 2. The molecule has 0 fully saturated rings. The van der Waals surface area contributed by atoms with E-state index in [1.54, 1.807) is 0 Å². The zero-order valence-electron chi connectivity index (χ0n) is 9.34. The van der Waals surface area contributed by atoms with Crippen molar-refractivity contribution in [2.24, 2.45) is 0 Å². The monoisotopic (exact) mass is 586 g/mol. The zero-order chi connectivity index (χ0) is 13.7. The Morgan fingerprint density at radius 2 is 1.56 bits per heavy atom. The Balaban J connectivity index is 2.65. The first-order chi connectivity index (χ1) is 8.41. The van der Waals surface area contributed by atoms with Crippen molar-refractivity contribution < 1.29 is 19.1 Å². The maximum Gasteiger partial charge on any atom is 0.340 e. The summed E-state index contributed by atoms with van der Waals surface area (Å²) in [6.07, 6.45) is 0. The predicted octanol–water partition coefficient (Wildman–Crippen LogP) is 3.22. The van der Waals surface area contributed by atoms with Gasteiger partial charge >= 0.3 is 11.9 Å². The summed E-state index contributed by atoms with van der Waals surface area (Å²) in [5.41, 5.74) is 0.555. The first-order valence-electron chi connectivity index (χ1n) is 4.87. The lowest BCUT2D eigenvalue weighted by atomic mass is 10.2. The van der Waals surface area contributed by atoms with Crippen molar-refractivity contribution in [3.8, 4) is 0 Å². The number of carbonyl (C=O) groups is 2. The molecule has 0 aliphatic rings. The molecule has 0 saturated carbocycles. The van der Waals surface area contributed by atoms with Crippen LogP contribution in [0.25, 0.3) is 0 Å². The molecular formula is C11H9I3O4. The van der Waals surface area contributed by atoms with Gasteiger partial charge in [-0.25, -0.2) is 4.79 Å². The molecule has 0 aliphatic carbocycles. The molecule has 0 atom stereocenters. The van der Waals surface area contributed by atoms with E-state index in [2.05, 4.69) is 72.5 Å². The standard InChI is InChI=1S/C11H9I3O4/c1-6(15)17-2-3-18-11(16)10-8(13)4-7(12)5-9(10)14/h4-5H,2-3H2,1H3. The summed E-state index contributed by atoms with van der Waals surface area (Å²) in [7, 11) is 0. The molecule has 4 nitrogen and oxygen atoms in total. The second kappa shape index (κ2) is 7.82. The first kappa shape index (κ1) is 16.4. The third-order valence-corrected chi connectivity index (χ3v) is 4.16. The SMILES string of the molecule is CC(=O)OCCOC(=O)c1c(I)cc(I)cc1I. The lowest BCUT2D eigenvalue weighted by Gasteiger charge is -2.09. The van der Waals surface area contributed by atoms with Gasteiger partial charge in [0.1, 0.15) is 13.2 Å². The van der Waals surface area contributed by atoms with Crippen LogP contribution in [0.2, 0.25) is 0 Å². The van der Waals surface area contributed by atoms with Gasteiger partial charge in [0.15, 0.2) is 0 Å². The lowest BCUT2D eigenvalue weighted by molar-refractivity contribution is -0.142. The maximum atomic E-state index is 11.9. The van der Waals surface area contributed by atoms with E-state index < -0.39 is 5.97 Å². The molecule has 0 bridgehead atoms. The number of halogens is 3. The number of benzene rings is 1. The molecule has 0 amide bonds. The van der Waals surface area contributed by atoms with Crippen LogP contribution in [0.4, 0.5) is 0 Å². The molecule has 0 radical (unpaired) electrons. The highest BCUT2D eigenvalue weighted by Crippen LogP contribution is 2.23. The average molecular weight is 586 g/mol. The van der Waals surface area contributed by atoms with Gasteiger partial charge in [-0.3, -0.25) is 4.79 Å². The van der Waals surface area contributed by atoms with E-state index in [0.717, 1.165) is 10.7 Å². The Bertz CT molecular complexity index is 450. The molecule has 0 aliphatic heterocycles. The predicted molar refractivity (Wildman–Crippen MR) is 91.5 cm³/mol. The normalized spacial score (nSPS) is 10.0. The Labute approximate surface area is 146 Å². The summed E-state index contributed by atoms with van der Waals surface area (Å²) in [4.78, 5) is 22.4. The fourth-order valence-electron chi connectivity index (χ4n) is 1.13. The van der Waals surface area contributed by atoms with Gasteiger partial charge in [-0.05, 0) is 79.9 Å². The van der Waals surface area contributed by atoms with E-state index >= 15 is 0 Å². The Morgan fingerprint density at radius 3 is 2.06 bits per heavy atom. The molecule has 0 heterocycles. The molecule has 0 aromatic heterocycles. The second-order valence-corrected chi connectivity index (χ2v) is 6.79. The van der Waals surface area contributed by atoms with Crippen LogP contribution in [0.15, 0.2) is 12.1 Å². The molecule has 98 valence electrons. The largest absolute Gasteiger partial charge is 0.462 e. The molecule has 1 aromatic carbocycles. The number of hydrogen-bond acceptors (Lipinski definition) is 4. The summed E-state index contributed by atoms with van der Waals surface area (Å²) in [5.74, 6) is -0.781. The molecule has 1 rings (SSSR count). The van der Waals surface area contributed by atoms with Crippen LogP contribution >= 0.6 is 67.8 Å². The van der Waals surface area contributed by atoms with Gasteiger partial charge < -0.3 is 9.47 Å². The average Bonchev–Trinajstić information content (AvgIpc) is 2.22. The Hall–Kier alpha value is 0.350. The van der Waals surface area contributed by atoms with Crippen molar-refractivity contribution >= 4 is 79.7 Å². The molecule has 0 spiro atoms. The number of rotatable bonds is 4. The van der Waals surface area contributed by atoms with Crippen molar-refractivity contribution in [1.29, 1.82) is 0 Å². The quantitative estimate of drug-likeness (QED) is 0.310. The number of carbonyl (C=O) groups excluding carboxylic acids is 2. The van der Waals surface area contributed by atoms with E-state index in [9.17, 15) is 9.59 Å². The molecule has 0 saturated heterocycles. The van der Waals surface area contributed by atoms with E-state index in [0.29, 0.717) is 5.56 Å². The van der Waals surface area contributed by atoms with Crippen LogP contribution in [-0.4, -0.2) is 25.2 Å². The van der Waals surface area contributed by atoms with Crippen LogP contribution in [0.3, 0.4) is 0 Å². The second-order valence-electron chi connectivity index (χ2n) is 3.22. The Kier molecular flexibility index (Phi) is 7.13.